The maximum Gasteiger partial charge on any atom is 0.122 e. The molecule has 108 valence electrons. The van der Waals surface area contributed by atoms with Gasteiger partial charge in [-0.2, -0.15) is 0 Å². The first-order chi connectivity index (χ1) is 9.13. The number of methoxy groups -OCH3 is 2. The molecule has 0 saturated carbocycles. The van der Waals surface area contributed by atoms with Gasteiger partial charge in [0, 0.05) is 19.8 Å². The van der Waals surface area contributed by atoms with Crippen LogP contribution in [0.5, 0.6) is 5.75 Å². The standard InChI is InChI=1S/C16H27NO2/c1-6-17-15(8-7-9-18-4)14-10-13(3)16(19-5)11-12(14)2/h10-11,15,17H,6-9H2,1-5H3. The highest BCUT2D eigenvalue weighted by Gasteiger charge is 2.14. The molecule has 3 heteroatoms. The van der Waals surface area contributed by atoms with Gasteiger partial charge in [0.05, 0.1) is 7.11 Å². The summed E-state index contributed by atoms with van der Waals surface area (Å²) in [4.78, 5) is 0. The van der Waals surface area contributed by atoms with Crippen molar-refractivity contribution in [1.29, 1.82) is 0 Å². The van der Waals surface area contributed by atoms with E-state index in [0.29, 0.717) is 6.04 Å². The molecule has 1 unspecified atom stereocenters. The second kappa shape index (κ2) is 8.18. The van der Waals surface area contributed by atoms with Crippen molar-refractivity contribution in [3.8, 4) is 5.75 Å². The van der Waals surface area contributed by atoms with Gasteiger partial charge in [-0.3, -0.25) is 0 Å². The largest absolute Gasteiger partial charge is 0.496 e. The average molecular weight is 265 g/mol. The van der Waals surface area contributed by atoms with Crippen molar-refractivity contribution in [1.82, 2.24) is 5.32 Å². The Labute approximate surface area is 117 Å². The van der Waals surface area contributed by atoms with Crippen LogP contribution in [0.3, 0.4) is 0 Å². The summed E-state index contributed by atoms with van der Waals surface area (Å²) in [5.41, 5.74) is 3.85. The van der Waals surface area contributed by atoms with Crippen LogP contribution in [0.2, 0.25) is 0 Å². The molecule has 0 aromatic heterocycles. The molecule has 1 aromatic rings. The van der Waals surface area contributed by atoms with Gasteiger partial charge in [0.15, 0.2) is 0 Å². The first-order valence-electron chi connectivity index (χ1n) is 7.01. The van der Waals surface area contributed by atoms with Gasteiger partial charge in [0.25, 0.3) is 0 Å². The van der Waals surface area contributed by atoms with Gasteiger partial charge in [-0.25, -0.2) is 0 Å². The fraction of sp³-hybridized carbons (Fsp3) is 0.625. The molecule has 0 aliphatic rings. The van der Waals surface area contributed by atoms with E-state index in [-0.39, 0.29) is 0 Å². The number of nitrogens with one attached hydrogen (secondary N) is 1. The molecule has 3 nitrogen and oxygen atoms in total. The minimum absolute atomic E-state index is 0.393. The predicted molar refractivity (Wildman–Crippen MR) is 80.0 cm³/mol. The lowest BCUT2D eigenvalue weighted by Gasteiger charge is -2.22. The minimum atomic E-state index is 0.393. The number of hydrogen-bond acceptors (Lipinski definition) is 3. The Kier molecular flexibility index (Phi) is 6.89. The van der Waals surface area contributed by atoms with E-state index >= 15 is 0 Å². The van der Waals surface area contributed by atoms with Crippen LogP contribution in [-0.4, -0.2) is 27.4 Å². The summed E-state index contributed by atoms with van der Waals surface area (Å²) in [7, 11) is 3.48. The second-order valence-corrected chi connectivity index (χ2v) is 4.92. The maximum atomic E-state index is 5.38. The van der Waals surface area contributed by atoms with Crippen molar-refractivity contribution in [2.45, 2.75) is 39.7 Å². The molecule has 1 rings (SSSR count). The third kappa shape index (κ3) is 4.51. The van der Waals surface area contributed by atoms with Gasteiger partial charge in [-0.1, -0.05) is 13.0 Å². The molecule has 19 heavy (non-hydrogen) atoms. The first-order valence-corrected chi connectivity index (χ1v) is 7.01. The Hall–Kier alpha value is -1.06. The first kappa shape index (κ1) is 16.0. The van der Waals surface area contributed by atoms with E-state index in [1.807, 2.05) is 0 Å². The summed E-state index contributed by atoms with van der Waals surface area (Å²) in [5.74, 6) is 0.966. The van der Waals surface area contributed by atoms with Gasteiger partial charge in [-0.05, 0) is 56.0 Å². The Balaban J connectivity index is 2.91. The Morgan fingerprint density at radius 1 is 1.16 bits per heavy atom. The van der Waals surface area contributed by atoms with Crippen molar-refractivity contribution in [3.05, 3.63) is 28.8 Å². The molecule has 0 fully saturated rings. The fourth-order valence-corrected chi connectivity index (χ4v) is 2.45. The predicted octanol–water partition coefficient (Wildman–Crippen LogP) is 3.39. The molecule has 0 radical (unpaired) electrons. The number of hydrogen-bond donors (Lipinski definition) is 1. The van der Waals surface area contributed by atoms with Crippen LogP contribution in [-0.2, 0) is 4.74 Å². The van der Waals surface area contributed by atoms with Crippen LogP contribution in [0.1, 0.15) is 42.5 Å². The van der Waals surface area contributed by atoms with E-state index in [0.717, 1.165) is 31.7 Å². The van der Waals surface area contributed by atoms with E-state index in [9.17, 15) is 0 Å². The maximum absolute atomic E-state index is 5.38. The molecular formula is C16H27NO2. The van der Waals surface area contributed by atoms with Crippen molar-refractivity contribution in [2.24, 2.45) is 0 Å². The highest BCUT2D eigenvalue weighted by atomic mass is 16.5. The van der Waals surface area contributed by atoms with Crippen molar-refractivity contribution in [2.75, 3.05) is 27.4 Å². The summed E-state index contributed by atoms with van der Waals surface area (Å²) in [6.07, 6.45) is 2.16. The van der Waals surface area contributed by atoms with Crippen molar-refractivity contribution in [3.63, 3.8) is 0 Å². The molecule has 1 aromatic carbocycles. The summed E-state index contributed by atoms with van der Waals surface area (Å²) in [6.45, 7) is 8.19. The summed E-state index contributed by atoms with van der Waals surface area (Å²) >= 11 is 0. The van der Waals surface area contributed by atoms with Crippen molar-refractivity contribution < 1.29 is 9.47 Å². The molecule has 0 aliphatic carbocycles. The zero-order valence-corrected chi connectivity index (χ0v) is 12.9. The van der Waals surface area contributed by atoms with Crippen LogP contribution in [0.25, 0.3) is 0 Å². The highest BCUT2D eigenvalue weighted by Crippen LogP contribution is 2.28. The van der Waals surface area contributed by atoms with E-state index in [2.05, 4.69) is 38.2 Å². The molecule has 0 aliphatic heterocycles. The second-order valence-electron chi connectivity index (χ2n) is 4.92. The Morgan fingerprint density at radius 3 is 2.47 bits per heavy atom. The van der Waals surface area contributed by atoms with Crippen LogP contribution >= 0.6 is 0 Å². The lowest BCUT2D eigenvalue weighted by molar-refractivity contribution is 0.189. The molecule has 0 bridgehead atoms. The van der Waals surface area contributed by atoms with E-state index in [1.54, 1.807) is 14.2 Å². The summed E-state index contributed by atoms with van der Waals surface area (Å²) in [6, 6.07) is 4.77. The topological polar surface area (TPSA) is 30.5 Å². The van der Waals surface area contributed by atoms with E-state index in [1.165, 1.54) is 16.7 Å². The Bertz CT molecular complexity index is 391. The van der Waals surface area contributed by atoms with Crippen LogP contribution < -0.4 is 10.1 Å². The summed E-state index contributed by atoms with van der Waals surface area (Å²) < 4.78 is 10.5. The molecule has 0 heterocycles. The molecule has 0 saturated heterocycles. The zero-order valence-electron chi connectivity index (χ0n) is 12.9. The molecule has 0 spiro atoms. The summed E-state index contributed by atoms with van der Waals surface area (Å²) in [5, 5.41) is 3.57. The third-order valence-corrected chi connectivity index (χ3v) is 3.45. The molecular weight excluding hydrogens is 238 g/mol. The lowest BCUT2D eigenvalue weighted by atomic mass is 9.95. The van der Waals surface area contributed by atoms with Crippen LogP contribution in [0, 0.1) is 13.8 Å². The average Bonchev–Trinajstić information content (AvgIpc) is 2.40. The fourth-order valence-electron chi connectivity index (χ4n) is 2.45. The Morgan fingerprint density at radius 2 is 1.89 bits per heavy atom. The van der Waals surface area contributed by atoms with Gasteiger partial charge in [0.1, 0.15) is 5.75 Å². The number of aryl methyl sites for hydroxylation is 2. The number of ether oxygens (including phenoxy) is 2. The smallest absolute Gasteiger partial charge is 0.122 e. The zero-order chi connectivity index (χ0) is 14.3. The lowest BCUT2D eigenvalue weighted by Crippen LogP contribution is -2.22. The van der Waals surface area contributed by atoms with E-state index in [4.69, 9.17) is 9.47 Å². The number of rotatable bonds is 8. The number of benzene rings is 1. The van der Waals surface area contributed by atoms with Crippen LogP contribution in [0.15, 0.2) is 12.1 Å². The van der Waals surface area contributed by atoms with Crippen molar-refractivity contribution >= 4 is 0 Å². The van der Waals surface area contributed by atoms with E-state index < -0.39 is 0 Å². The monoisotopic (exact) mass is 265 g/mol. The molecule has 1 atom stereocenters. The molecule has 1 N–H and O–H groups in total. The SMILES string of the molecule is CCNC(CCCOC)c1cc(C)c(OC)cc1C. The van der Waals surface area contributed by atoms with Gasteiger partial charge in [0.2, 0.25) is 0 Å². The highest BCUT2D eigenvalue weighted by molar-refractivity contribution is 5.42. The van der Waals surface area contributed by atoms with Gasteiger partial charge in [-0.15, -0.1) is 0 Å². The van der Waals surface area contributed by atoms with Gasteiger partial charge >= 0.3 is 0 Å². The van der Waals surface area contributed by atoms with Gasteiger partial charge < -0.3 is 14.8 Å². The molecule has 0 amide bonds. The third-order valence-electron chi connectivity index (χ3n) is 3.45. The minimum Gasteiger partial charge on any atom is -0.496 e. The van der Waals surface area contributed by atoms with Crippen LogP contribution in [0.4, 0.5) is 0 Å². The quantitative estimate of drug-likeness (QED) is 0.731. The normalized spacial score (nSPS) is 12.5.